The van der Waals surface area contributed by atoms with E-state index in [1.54, 1.807) is 29.9 Å². The Labute approximate surface area is 152 Å². The van der Waals surface area contributed by atoms with Gasteiger partial charge in [-0.1, -0.05) is 0 Å². The van der Waals surface area contributed by atoms with Crippen LogP contribution in [0, 0.1) is 0 Å². The highest BCUT2D eigenvalue weighted by atomic mass is 32.1. The largest absolute Gasteiger partial charge is 0.336 e. The molecule has 0 unspecified atom stereocenters. The number of fused-ring (bicyclic) bond motifs is 2. The molecule has 136 valence electrons. The maximum Gasteiger partial charge on any atom is 0.332 e. The molecule has 1 aliphatic heterocycles. The Morgan fingerprint density at radius 2 is 2.04 bits per heavy atom. The lowest BCUT2D eigenvalue weighted by Crippen LogP contribution is -2.41. The van der Waals surface area contributed by atoms with Gasteiger partial charge in [-0.25, -0.2) is 9.78 Å². The van der Waals surface area contributed by atoms with Crippen molar-refractivity contribution >= 4 is 28.4 Å². The van der Waals surface area contributed by atoms with Gasteiger partial charge in [0.25, 0.3) is 5.56 Å². The van der Waals surface area contributed by atoms with E-state index in [1.807, 2.05) is 4.90 Å². The molecule has 9 heteroatoms. The molecule has 1 atom stereocenters. The average Bonchev–Trinajstić information content (AvgIpc) is 3.29. The van der Waals surface area contributed by atoms with Gasteiger partial charge in [0.05, 0.1) is 6.33 Å². The highest BCUT2D eigenvalue weighted by Gasteiger charge is 2.28. The number of imidazole rings is 1. The summed E-state index contributed by atoms with van der Waals surface area (Å²) < 4.78 is 3.93. The monoisotopic (exact) mass is 373 g/mol. The molecule has 0 fully saturated rings. The van der Waals surface area contributed by atoms with Crippen LogP contribution in [0.15, 0.2) is 27.4 Å². The second-order valence-corrected chi connectivity index (χ2v) is 7.59. The molecule has 26 heavy (non-hydrogen) atoms. The van der Waals surface area contributed by atoms with Crippen LogP contribution in [0.5, 0.6) is 0 Å². The van der Waals surface area contributed by atoms with Gasteiger partial charge in [0.2, 0.25) is 5.91 Å². The highest BCUT2D eigenvalue weighted by Crippen LogP contribution is 2.26. The molecule has 4 rings (SSSR count). The second kappa shape index (κ2) is 5.94. The summed E-state index contributed by atoms with van der Waals surface area (Å²) in [6.45, 7) is 3.02. The number of hydrogen-bond acceptors (Lipinski definition) is 5. The number of carbonyl (C=O) groups is 1. The molecule has 0 spiro atoms. The number of thiophene rings is 1. The van der Waals surface area contributed by atoms with Crippen molar-refractivity contribution in [3.05, 3.63) is 49.1 Å². The number of amides is 1. The van der Waals surface area contributed by atoms with E-state index in [-0.39, 0.29) is 17.1 Å². The van der Waals surface area contributed by atoms with E-state index >= 15 is 0 Å². The molecule has 1 amide bonds. The normalized spacial score (nSPS) is 15.3. The molecular weight excluding hydrogens is 354 g/mol. The van der Waals surface area contributed by atoms with E-state index in [9.17, 15) is 14.4 Å². The predicted molar refractivity (Wildman–Crippen MR) is 98.4 cm³/mol. The van der Waals surface area contributed by atoms with Gasteiger partial charge in [-0.15, -0.1) is 11.3 Å². The van der Waals surface area contributed by atoms with Gasteiger partial charge in [0.15, 0.2) is 11.2 Å². The van der Waals surface area contributed by atoms with Crippen LogP contribution < -0.4 is 11.2 Å². The predicted octanol–water partition coefficient (Wildman–Crippen LogP) is 0.641. The Morgan fingerprint density at radius 3 is 2.81 bits per heavy atom. The van der Waals surface area contributed by atoms with E-state index in [0.717, 1.165) is 11.0 Å². The second-order valence-electron chi connectivity index (χ2n) is 6.58. The molecule has 3 aromatic rings. The van der Waals surface area contributed by atoms with Crippen molar-refractivity contribution in [1.29, 1.82) is 0 Å². The molecule has 4 heterocycles. The van der Waals surface area contributed by atoms with Crippen molar-refractivity contribution < 1.29 is 4.79 Å². The van der Waals surface area contributed by atoms with Gasteiger partial charge in [-0.05, 0) is 30.4 Å². The van der Waals surface area contributed by atoms with Crippen molar-refractivity contribution in [2.75, 3.05) is 6.54 Å². The molecule has 0 N–H and O–H groups in total. The zero-order valence-corrected chi connectivity index (χ0v) is 15.6. The van der Waals surface area contributed by atoms with Crippen molar-refractivity contribution in [3.63, 3.8) is 0 Å². The van der Waals surface area contributed by atoms with Crippen LogP contribution in [0.3, 0.4) is 0 Å². The molecule has 0 aromatic carbocycles. The maximum absolute atomic E-state index is 13.0. The summed E-state index contributed by atoms with van der Waals surface area (Å²) in [5, 5.41) is 2.05. The zero-order chi connectivity index (χ0) is 18.6. The summed E-state index contributed by atoms with van der Waals surface area (Å²) >= 11 is 1.72. The first-order chi connectivity index (χ1) is 12.4. The lowest BCUT2D eigenvalue weighted by atomic mass is 10.1. The summed E-state index contributed by atoms with van der Waals surface area (Å²) in [6, 6.07) is 1.48. The Morgan fingerprint density at radius 1 is 1.27 bits per heavy atom. The van der Waals surface area contributed by atoms with E-state index < -0.39 is 17.3 Å². The van der Waals surface area contributed by atoms with E-state index in [2.05, 4.69) is 16.4 Å². The molecule has 1 aliphatic rings. The number of hydrogen-bond donors (Lipinski definition) is 0. The first kappa shape index (κ1) is 16.8. The SMILES string of the molecule is C[C@@H](C(=O)N1CCc2sccc2C1)n1cnc2c1c(=O)n(C)c(=O)n2C. The Balaban J connectivity index is 1.73. The topological polar surface area (TPSA) is 82.1 Å². The van der Waals surface area contributed by atoms with Gasteiger partial charge in [0, 0.05) is 32.1 Å². The van der Waals surface area contributed by atoms with Crippen LogP contribution >= 0.6 is 11.3 Å². The molecule has 0 aliphatic carbocycles. The Kier molecular flexibility index (Phi) is 3.83. The van der Waals surface area contributed by atoms with Gasteiger partial charge >= 0.3 is 5.69 Å². The van der Waals surface area contributed by atoms with Crippen LogP contribution in [0.1, 0.15) is 23.4 Å². The average molecular weight is 373 g/mol. The lowest BCUT2D eigenvalue weighted by molar-refractivity contribution is -0.135. The van der Waals surface area contributed by atoms with Gasteiger partial charge < -0.3 is 9.47 Å². The minimum atomic E-state index is -0.578. The third-order valence-corrected chi connectivity index (χ3v) is 6.09. The molecule has 0 saturated heterocycles. The van der Waals surface area contributed by atoms with E-state index in [4.69, 9.17) is 0 Å². The molecule has 0 radical (unpaired) electrons. The number of rotatable bonds is 2. The van der Waals surface area contributed by atoms with E-state index in [0.29, 0.717) is 13.1 Å². The first-order valence-electron chi connectivity index (χ1n) is 8.36. The van der Waals surface area contributed by atoms with Crippen molar-refractivity contribution in [1.82, 2.24) is 23.6 Å². The molecule has 8 nitrogen and oxygen atoms in total. The van der Waals surface area contributed by atoms with Crippen LogP contribution in [0.4, 0.5) is 0 Å². The lowest BCUT2D eigenvalue weighted by Gasteiger charge is -2.29. The first-order valence-corrected chi connectivity index (χ1v) is 9.24. The number of carbonyl (C=O) groups excluding carboxylic acids is 1. The third-order valence-electron chi connectivity index (χ3n) is 5.07. The molecule has 0 bridgehead atoms. The van der Waals surface area contributed by atoms with E-state index in [1.165, 1.54) is 28.4 Å². The van der Waals surface area contributed by atoms with Crippen LogP contribution in [0.25, 0.3) is 11.2 Å². The fourth-order valence-electron chi connectivity index (χ4n) is 3.48. The number of aryl methyl sites for hydroxylation is 1. The molecular formula is C17H19N5O3S. The van der Waals surface area contributed by atoms with Crippen molar-refractivity contribution in [2.45, 2.75) is 25.9 Å². The van der Waals surface area contributed by atoms with Crippen LogP contribution in [-0.4, -0.2) is 36.0 Å². The summed E-state index contributed by atoms with van der Waals surface area (Å²) in [5.41, 5.74) is 0.863. The fraction of sp³-hybridized carbons (Fsp3) is 0.412. The Hall–Kier alpha value is -2.68. The smallest absolute Gasteiger partial charge is 0.332 e. The minimum absolute atomic E-state index is 0.0583. The Bertz CT molecular complexity index is 1140. The zero-order valence-electron chi connectivity index (χ0n) is 14.8. The van der Waals surface area contributed by atoms with Gasteiger partial charge in [-0.3, -0.25) is 18.7 Å². The van der Waals surface area contributed by atoms with Crippen LogP contribution in [-0.2, 0) is 31.9 Å². The summed E-state index contributed by atoms with van der Waals surface area (Å²) in [6.07, 6.45) is 2.32. The summed E-state index contributed by atoms with van der Waals surface area (Å²) in [4.78, 5) is 45.0. The maximum atomic E-state index is 13.0. The summed E-state index contributed by atoms with van der Waals surface area (Å²) in [5.74, 6) is -0.0583. The minimum Gasteiger partial charge on any atom is -0.336 e. The van der Waals surface area contributed by atoms with Gasteiger partial charge in [-0.2, -0.15) is 0 Å². The fourth-order valence-corrected chi connectivity index (χ4v) is 4.37. The van der Waals surface area contributed by atoms with Crippen LogP contribution in [0.2, 0.25) is 0 Å². The molecule has 3 aromatic heterocycles. The third kappa shape index (κ3) is 2.34. The van der Waals surface area contributed by atoms with Crippen molar-refractivity contribution in [2.24, 2.45) is 14.1 Å². The number of nitrogens with zero attached hydrogens (tertiary/aromatic N) is 5. The summed E-state index contributed by atoms with van der Waals surface area (Å²) in [7, 11) is 2.99. The van der Waals surface area contributed by atoms with Gasteiger partial charge in [0.1, 0.15) is 6.04 Å². The number of aromatic nitrogens is 4. The highest BCUT2D eigenvalue weighted by molar-refractivity contribution is 7.10. The standard InChI is InChI=1S/C17H19N5O3S/c1-10(15(23)21-6-4-12-11(8-21)5-7-26-12)22-9-18-14-13(22)16(24)20(3)17(25)19(14)2/h5,7,9-10H,4,6,8H2,1-3H3/t10-/m0/s1. The van der Waals surface area contributed by atoms with Crippen molar-refractivity contribution in [3.8, 4) is 0 Å². The quantitative estimate of drug-likeness (QED) is 0.660. The molecule has 0 saturated carbocycles.